The fourth-order valence-electron chi connectivity index (χ4n) is 0.727. The SMILES string of the molecule is C=C(Br)CNC(=O)c1ccsc1Br. The molecule has 0 fully saturated rings. The molecule has 2 nitrogen and oxygen atoms in total. The lowest BCUT2D eigenvalue weighted by Gasteiger charge is -2.01. The van der Waals surface area contributed by atoms with E-state index in [9.17, 15) is 4.79 Å². The number of halogens is 2. The quantitative estimate of drug-likeness (QED) is 0.909. The van der Waals surface area contributed by atoms with Crippen molar-refractivity contribution in [3.8, 4) is 0 Å². The molecule has 1 amide bonds. The molecule has 1 aromatic rings. The molecule has 5 heteroatoms. The highest BCUT2D eigenvalue weighted by molar-refractivity contribution is 9.11. The van der Waals surface area contributed by atoms with Crippen LogP contribution in [0.2, 0.25) is 0 Å². The second-order valence-corrected chi connectivity index (χ2v) is 5.66. The summed E-state index contributed by atoms with van der Waals surface area (Å²) in [4.78, 5) is 11.4. The van der Waals surface area contributed by atoms with Gasteiger partial charge in [-0.2, -0.15) is 0 Å². The third-order valence-corrected chi connectivity index (χ3v) is 3.27. The molecule has 0 atom stereocenters. The maximum Gasteiger partial charge on any atom is 0.253 e. The average molecular weight is 325 g/mol. The summed E-state index contributed by atoms with van der Waals surface area (Å²) < 4.78 is 1.61. The van der Waals surface area contributed by atoms with E-state index >= 15 is 0 Å². The van der Waals surface area contributed by atoms with Crippen LogP contribution >= 0.6 is 43.2 Å². The third kappa shape index (κ3) is 3.25. The molecule has 0 aliphatic heterocycles. The van der Waals surface area contributed by atoms with E-state index in [-0.39, 0.29) is 5.91 Å². The van der Waals surface area contributed by atoms with Crippen LogP contribution in [0.4, 0.5) is 0 Å². The van der Waals surface area contributed by atoms with Crippen molar-refractivity contribution < 1.29 is 4.79 Å². The van der Waals surface area contributed by atoms with Crippen molar-refractivity contribution in [2.24, 2.45) is 0 Å². The summed E-state index contributed by atoms with van der Waals surface area (Å²) in [5.41, 5.74) is 0.666. The third-order valence-electron chi connectivity index (χ3n) is 1.30. The summed E-state index contributed by atoms with van der Waals surface area (Å²) in [6.07, 6.45) is 0. The Hall–Kier alpha value is -0.130. The molecule has 13 heavy (non-hydrogen) atoms. The number of hydrogen-bond acceptors (Lipinski definition) is 2. The summed E-state index contributed by atoms with van der Waals surface area (Å²) in [5.74, 6) is -0.0891. The zero-order valence-electron chi connectivity index (χ0n) is 6.64. The van der Waals surface area contributed by atoms with Crippen molar-refractivity contribution in [2.75, 3.05) is 6.54 Å². The number of rotatable bonds is 3. The van der Waals surface area contributed by atoms with E-state index in [0.717, 1.165) is 8.27 Å². The van der Waals surface area contributed by atoms with E-state index in [1.54, 1.807) is 6.07 Å². The van der Waals surface area contributed by atoms with Crippen LogP contribution in [0, 0.1) is 0 Å². The van der Waals surface area contributed by atoms with Crippen LogP contribution < -0.4 is 5.32 Å². The first kappa shape index (κ1) is 10.9. The van der Waals surface area contributed by atoms with Gasteiger partial charge in [0.1, 0.15) is 0 Å². The fraction of sp³-hybridized carbons (Fsp3) is 0.125. The minimum absolute atomic E-state index is 0.0891. The minimum atomic E-state index is -0.0891. The molecule has 0 aliphatic rings. The Labute approximate surface area is 97.3 Å². The lowest BCUT2D eigenvalue weighted by molar-refractivity contribution is 0.0957. The fourth-order valence-corrected chi connectivity index (χ4v) is 2.11. The van der Waals surface area contributed by atoms with Gasteiger partial charge in [-0.3, -0.25) is 4.79 Å². The summed E-state index contributed by atoms with van der Waals surface area (Å²) in [6.45, 7) is 4.07. The lowest BCUT2D eigenvalue weighted by atomic mass is 10.3. The summed E-state index contributed by atoms with van der Waals surface area (Å²) in [6, 6.07) is 1.78. The number of nitrogens with one attached hydrogen (secondary N) is 1. The van der Waals surface area contributed by atoms with Gasteiger partial charge in [-0.15, -0.1) is 11.3 Å². The Balaban J connectivity index is 2.59. The predicted molar refractivity (Wildman–Crippen MR) is 62.4 cm³/mol. The van der Waals surface area contributed by atoms with Crippen molar-refractivity contribution in [2.45, 2.75) is 0 Å². The highest BCUT2D eigenvalue weighted by Gasteiger charge is 2.09. The molecule has 0 aliphatic carbocycles. The Morgan fingerprint density at radius 2 is 2.38 bits per heavy atom. The summed E-state index contributed by atoms with van der Waals surface area (Å²) in [7, 11) is 0. The topological polar surface area (TPSA) is 29.1 Å². The molecule has 0 bridgehead atoms. The van der Waals surface area contributed by atoms with Gasteiger partial charge in [-0.05, 0) is 27.4 Å². The monoisotopic (exact) mass is 323 g/mol. The Kier molecular flexibility index (Phi) is 4.15. The first-order valence-electron chi connectivity index (χ1n) is 3.45. The lowest BCUT2D eigenvalue weighted by Crippen LogP contribution is -2.24. The molecule has 0 saturated carbocycles. The maximum absolute atomic E-state index is 11.4. The van der Waals surface area contributed by atoms with Crippen LogP contribution in [0.3, 0.4) is 0 Å². The number of carbonyl (C=O) groups is 1. The van der Waals surface area contributed by atoms with Crippen LogP contribution in [-0.4, -0.2) is 12.5 Å². The molecule has 1 aromatic heterocycles. The highest BCUT2D eigenvalue weighted by Crippen LogP contribution is 2.23. The van der Waals surface area contributed by atoms with Crippen molar-refractivity contribution >= 4 is 49.1 Å². The van der Waals surface area contributed by atoms with Gasteiger partial charge in [-0.1, -0.05) is 22.5 Å². The van der Waals surface area contributed by atoms with Crippen molar-refractivity contribution in [3.05, 3.63) is 31.9 Å². The Morgan fingerprint density at radius 3 is 2.85 bits per heavy atom. The van der Waals surface area contributed by atoms with Crippen LogP contribution in [-0.2, 0) is 0 Å². The van der Waals surface area contributed by atoms with E-state index in [2.05, 4.69) is 43.8 Å². The van der Waals surface area contributed by atoms with Gasteiger partial charge in [0.2, 0.25) is 0 Å². The van der Waals surface area contributed by atoms with E-state index < -0.39 is 0 Å². The van der Waals surface area contributed by atoms with Gasteiger partial charge in [0.05, 0.1) is 9.35 Å². The van der Waals surface area contributed by atoms with Crippen molar-refractivity contribution in [3.63, 3.8) is 0 Å². The standard InChI is InChI=1S/C8H7Br2NOS/c1-5(9)4-11-8(12)6-2-3-13-7(6)10/h2-3H,1,4H2,(H,11,12). The van der Waals surface area contributed by atoms with Crippen molar-refractivity contribution in [1.82, 2.24) is 5.32 Å². The number of hydrogen-bond donors (Lipinski definition) is 1. The van der Waals surface area contributed by atoms with E-state index in [1.807, 2.05) is 5.38 Å². The second-order valence-electron chi connectivity index (χ2n) is 2.31. The zero-order valence-corrected chi connectivity index (χ0v) is 10.6. The van der Waals surface area contributed by atoms with Gasteiger partial charge < -0.3 is 5.32 Å². The van der Waals surface area contributed by atoms with Gasteiger partial charge in [-0.25, -0.2) is 0 Å². The number of thiophene rings is 1. The molecule has 70 valence electrons. The molecule has 1 N–H and O–H groups in total. The molecule has 1 heterocycles. The number of carbonyl (C=O) groups excluding carboxylic acids is 1. The second kappa shape index (κ2) is 4.93. The number of amides is 1. The predicted octanol–water partition coefficient (Wildman–Crippen LogP) is 3.15. The molecule has 1 rings (SSSR count). The average Bonchev–Trinajstić information content (AvgIpc) is 2.47. The van der Waals surface area contributed by atoms with Crippen LogP contribution in [0.15, 0.2) is 26.3 Å². The molecule has 0 spiro atoms. The largest absolute Gasteiger partial charge is 0.347 e. The molecule has 0 radical (unpaired) electrons. The highest BCUT2D eigenvalue weighted by atomic mass is 79.9. The van der Waals surface area contributed by atoms with E-state index in [4.69, 9.17) is 0 Å². The maximum atomic E-state index is 11.4. The van der Waals surface area contributed by atoms with Crippen molar-refractivity contribution in [1.29, 1.82) is 0 Å². The van der Waals surface area contributed by atoms with Crippen LogP contribution in [0.1, 0.15) is 10.4 Å². The van der Waals surface area contributed by atoms with Gasteiger partial charge in [0, 0.05) is 11.0 Å². The smallest absolute Gasteiger partial charge is 0.253 e. The molecule has 0 unspecified atom stereocenters. The summed E-state index contributed by atoms with van der Waals surface area (Å²) in [5, 5.41) is 4.58. The zero-order chi connectivity index (χ0) is 9.84. The molecular weight excluding hydrogens is 318 g/mol. The van der Waals surface area contributed by atoms with Gasteiger partial charge in [0.25, 0.3) is 5.91 Å². The van der Waals surface area contributed by atoms with Gasteiger partial charge in [0.15, 0.2) is 0 Å². The minimum Gasteiger partial charge on any atom is -0.347 e. The summed E-state index contributed by atoms with van der Waals surface area (Å²) >= 11 is 7.95. The van der Waals surface area contributed by atoms with E-state index in [0.29, 0.717) is 12.1 Å². The van der Waals surface area contributed by atoms with Crippen LogP contribution in [0.25, 0.3) is 0 Å². The van der Waals surface area contributed by atoms with Gasteiger partial charge >= 0.3 is 0 Å². The Bertz CT molecular complexity index is 335. The molecule has 0 aromatic carbocycles. The first-order valence-corrected chi connectivity index (χ1v) is 5.92. The first-order chi connectivity index (χ1) is 6.11. The van der Waals surface area contributed by atoms with Crippen LogP contribution in [0.5, 0.6) is 0 Å². The molecule has 0 saturated heterocycles. The van der Waals surface area contributed by atoms with E-state index in [1.165, 1.54) is 11.3 Å². The Morgan fingerprint density at radius 1 is 1.69 bits per heavy atom. The normalized spacial score (nSPS) is 9.69. The molecular formula is C8H7Br2NOS.